The molecule has 2 heterocycles. The van der Waals surface area contributed by atoms with E-state index in [1.807, 2.05) is 6.92 Å². The van der Waals surface area contributed by atoms with Gasteiger partial charge in [-0.05, 0) is 45.4 Å². The summed E-state index contributed by atoms with van der Waals surface area (Å²) in [5.41, 5.74) is 0.588. The number of piperazine rings is 1. The highest BCUT2D eigenvalue weighted by Gasteiger charge is 2.30. The van der Waals surface area contributed by atoms with Gasteiger partial charge in [-0.25, -0.2) is 4.98 Å². The molecular weight excluding hydrogens is 328 g/mol. The minimum atomic E-state index is -0.0688. The predicted molar refractivity (Wildman–Crippen MR) is 105 cm³/mol. The van der Waals surface area contributed by atoms with Crippen LogP contribution in [0.2, 0.25) is 0 Å². The number of hydrogen-bond donors (Lipinski definition) is 2. The Bertz CT molecular complexity index is 822. The largest absolute Gasteiger partial charge is 0.508 e. The molecule has 1 aromatic carbocycles. The molecule has 26 heavy (non-hydrogen) atoms. The van der Waals surface area contributed by atoms with Crippen LogP contribution >= 0.6 is 0 Å². The quantitative estimate of drug-likeness (QED) is 0.860. The molecule has 1 aliphatic heterocycles. The number of phenols is 1. The number of benzene rings is 1. The number of phenolic OH excluding ortho intramolecular Hbond substituents is 1. The number of aromatic nitrogens is 2. The van der Waals surface area contributed by atoms with Crippen LogP contribution in [0.15, 0.2) is 23.0 Å². The van der Waals surface area contributed by atoms with E-state index in [0.717, 1.165) is 31.8 Å². The second-order valence-electron chi connectivity index (χ2n) is 7.45. The van der Waals surface area contributed by atoms with E-state index in [-0.39, 0.29) is 17.4 Å². The van der Waals surface area contributed by atoms with Gasteiger partial charge in [-0.2, -0.15) is 0 Å². The Kier molecular flexibility index (Phi) is 5.63. The summed E-state index contributed by atoms with van der Waals surface area (Å²) in [5, 5.41) is 13.8. The molecule has 1 fully saturated rings. The molecule has 0 bridgehead atoms. The molecule has 3 rings (SSSR count). The maximum Gasteiger partial charge on any atom is 0.261 e. The van der Waals surface area contributed by atoms with Gasteiger partial charge in [0.25, 0.3) is 5.56 Å². The molecule has 1 unspecified atom stereocenters. The topological polar surface area (TPSA) is 70.4 Å². The standard InChI is InChI=1S/C20H30N4O2/c1-5-7-18(23-11-13(3)21-14(4)12-23)19-22-17-9-8-15(25)10-16(17)20(26)24(19)6-2/h8-10,13-14,18,21,25H,5-7,11-12H2,1-4H3/t13-,14+,18?. The van der Waals surface area contributed by atoms with Crippen LogP contribution in [0.1, 0.15) is 52.4 Å². The molecular formula is C20H30N4O2. The van der Waals surface area contributed by atoms with Crippen molar-refractivity contribution in [1.29, 1.82) is 0 Å². The Morgan fingerprint density at radius 3 is 2.58 bits per heavy atom. The van der Waals surface area contributed by atoms with E-state index in [2.05, 4.69) is 31.0 Å². The van der Waals surface area contributed by atoms with Crippen molar-refractivity contribution in [1.82, 2.24) is 19.8 Å². The number of hydrogen-bond acceptors (Lipinski definition) is 5. The summed E-state index contributed by atoms with van der Waals surface area (Å²) in [6, 6.07) is 5.80. The van der Waals surface area contributed by atoms with Crippen LogP contribution < -0.4 is 10.9 Å². The van der Waals surface area contributed by atoms with Gasteiger partial charge in [0.05, 0.1) is 16.9 Å². The maximum absolute atomic E-state index is 13.0. The minimum absolute atomic E-state index is 0.0688. The van der Waals surface area contributed by atoms with Crippen molar-refractivity contribution in [2.24, 2.45) is 0 Å². The Labute approximate surface area is 154 Å². The molecule has 2 N–H and O–H groups in total. The number of nitrogens with zero attached hydrogens (tertiary/aromatic N) is 3. The molecule has 2 aromatic rings. The fraction of sp³-hybridized carbons (Fsp3) is 0.600. The molecule has 0 spiro atoms. The van der Waals surface area contributed by atoms with Gasteiger partial charge in [-0.1, -0.05) is 13.3 Å². The van der Waals surface area contributed by atoms with Crippen molar-refractivity contribution in [3.63, 3.8) is 0 Å². The van der Waals surface area contributed by atoms with Crippen molar-refractivity contribution in [3.05, 3.63) is 34.4 Å². The van der Waals surface area contributed by atoms with E-state index >= 15 is 0 Å². The van der Waals surface area contributed by atoms with Crippen molar-refractivity contribution >= 4 is 10.9 Å². The Morgan fingerprint density at radius 1 is 1.27 bits per heavy atom. The normalized spacial score (nSPS) is 22.6. The molecule has 0 amide bonds. The van der Waals surface area contributed by atoms with E-state index in [0.29, 0.717) is 29.5 Å². The van der Waals surface area contributed by atoms with Crippen molar-refractivity contribution in [2.75, 3.05) is 13.1 Å². The SMILES string of the molecule is CCCC(c1nc2ccc(O)cc2c(=O)n1CC)N1C[C@@H](C)N[C@@H](C)C1. The highest BCUT2D eigenvalue weighted by Crippen LogP contribution is 2.27. The zero-order chi connectivity index (χ0) is 18.8. The third-order valence-corrected chi connectivity index (χ3v) is 5.17. The molecule has 1 aromatic heterocycles. The van der Waals surface area contributed by atoms with E-state index < -0.39 is 0 Å². The monoisotopic (exact) mass is 358 g/mol. The van der Waals surface area contributed by atoms with Crippen molar-refractivity contribution in [3.8, 4) is 5.75 Å². The fourth-order valence-electron chi connectivity index (χ4n) is 4.16. The van der Waals surface area contributed by atoms with Crippen LogP contribution in [0, 0.1) is 0 Å². The number of nitrogens with one attached hydrogen (secondary N) is 1. The maximum atomic E-state index is 13.0. The first kappa shape index (κ1) is 18.9. The van der Waals surface area contributed by atoms with Gasteiger partial charge in [0.2, 0.25) is 0 Å². The van der Waals surface area contributed by atoms with Gasteiger partial charge in [0, 0.05) is 31.7 Å². The number of rotatable bonds is 5. The van der Waals surface area contributed by atoms with Crippen LogP contribution in [0.5, 0.6) is 5.75 Å². The van der Waals surface area contributed by atoms with Gasteiger partial charge in [-0.15, -0.1) is 0 Å². The van der Waals surface area contributed by atoms with Gasteiger partial charge in [0.1, 0.15) is 11.6 Å². The molecule has 1 saturated heterocycles. The first-order valence-corrected chi connectivity index (χ1v) is 9.68. The summed E-state index contributed by atoms with van der Waals surface area (Å²) in [6.45, 7) is 11.0. The summed E-state index contributed by atoms with van der Waals surface area (Å²) < 4.78 is 1.78. The second kappa shape index (κ2) is 7.76. The Hall–Kier alpha value is -1.92. The Balaban J connectivity index is 2.13. The van der Waals surface area contributed by atoms with Crippen molar-refractivity contribution < 1.29 is 5.11 Å². The zero-order valence-electron chi connectivity index (χ0n) is 16.2. The Morgan fingerprint density at radius 2 is 1.96 bits per heavy atom. The first-order chi connectivity index (χ1) is 12.4. The molecule has 0 radical (unpaired) electrons. The van der Waals surface area contributed by atoms with Gasteiger partial charge in [-0.3, -0.25) is 14.3 Å². The highest BCUT2D eigenvalue weighted by molar-refractivity contribution is 5.79. The van der Waals surface area contributed by atoms with Gasteiger partial charge < -0.3 is 10.4 Å². The molecule has 6 heteroatoms. The summed E-state index contributed by atoms with van der Waals surface area (Å²) in [6.07, 6.45) is 2.00. The van der Waals surface area contributed by atoms with Crippen LogP contribution in [-0.4, -0.2) is 44.7 Å². The lowest BCUT2D eigenvalue weighted by Crippen LogP contribution is -2.55. The third kappa shape index (κ3) is 3.62. The lowest BCUT2D eigenvalue weighted by molar-refractivity contribution is 0.109. The lowest BCUT2D eigenvalue weighted by Gasteiger charge is -2.41. The summed E-state index contributed by atoms with van der Waals surface area (Å²) in [4.78, 5) is 20.4. The van der Waals surface area contributed by atoms with Gasteiger partial charge in [0.15, 0.2) is 0 Å². The van der Waals surface area contributed by atoms with E-state index in [1.165, 1.54) is 6.07 Å². The zero-order valence-corrected chi connectivity index (χ0v) is 16.2. The fourth-order valence-corrected chi connectivity index (χ4v) is 4.16. The minimum Gasteiger partial charge on any atom is -0.508 e. The second-order valence-corrected chi connectivity index (χ2v) is 7.45. The average molecular weight is 358 g/mol. The molecule has 142 valence electrons. The van der Waals surface area contributed by atoms with Crippen LogP contribution in [0.4, 0.5) is 0 Å². The first-order valence-electron chi connectivity index (χ1n) is 9.68. The number of fused-ring (bicyclic) bond motifs is 1. The summed E-state index contributed by atoms with van der Waals surface area (Å²) >= 11 is 0. The lowest BCUT2D eigenvalue weighted by atomic mass is 10.0. The third-order valence-electron chi connectivity index (χ3n) is 5.17. The van der Waals surface area contributed by atoms with Gasteiger partial charge >= 0.3 is 0 Å². The predicted octanol–water partition coefficient (Wildman–Crippen LogP) is 2.65. The van der Waals surface area contributed by atoms with E-state index in [1.54, 1.807) is 16.7 Å². The van der Waals surface area contributed by atoms with Crippen LogP contribution in [-0.2, 0) is 6.54 Å². The molecule has 6 nitrogen and oxygen atoms in total. The highest BCUT2D eigenvalue weighted by atomic mass is 16.3. The number of aromatic hydroxyl groups is 1. The van der Waals surface area contributed by atoms with Crippen molar-refractivity contribution in [2.45, 2.75) is 65.2 Å². The molecule has 3 atom stereocenters. The van der Waals surface area contributed by atoms with E-state index in [9.17, 15) is 9.90 Å². The summed E-state index contributed by atoms with van der Waals surface area (Å²) in [5.74, 6) is 0.945. The van der Waals surface area contributed by atoms with Crippen LogP contribution in [0.25, 0.3) is 10.9 Å². The summed E-state index contributed by atoms with van der Waals surface area (Å²) in [7, 11) is 0. The smallest absolute Gasteiger partial charge is 0.261 e. The van der Waals surface area contributed by atoms with E-state index in [4.69, 9.17) is 4.98 Å². The molecule has 0 aliphatic carbocycles. The average Bonchev–Trinajstić information content (AvgIpc) is 2.59. The molecule has 1 aliphatic rings. The van der Waals surface area contributed by atoms with Crippen LogP contribution in [0.3, 0.4) is 0 Å². The molecule has 0 saturated carbocycles.